The highest BCUT2D eigenvalue weighted by Crippen LogP contribution is 2.18. The monoisotopic (exact) mass is 207 g/mol. The Hall–Kier alpha value is -1.51. The molecule has 0 aromatic heterocycles. The van der Waals surface area contributed by atoms with Gasteiger partial charge in [0.25, 0.3) is 5.91 Å². The van der Waals surface area contributed by atoms with E-state index in [0.717, 1.165) is 5.56 Å². The Kier molecular flexibility index (Phi) is 3.72. The van der Waals surface area contributed by atoms with Gasteiger partial charge in [-0.1, -0.05) is 6.07 Å². The summed E-state index contributed by atoms with van der Waals surface area (Å²) in [6.07, 6.45) is 0. The molecule has 0 saturated heterocycles. The molecule has 0 heterocycles. The van der Waals surface area contributed by atoms with Crippen molar-refractivity contribution in [3.05, 3.63) is 29.3 Å². The summed E-state index contributed by atoms with van der Waals surface area (Å²) in [6, 6.07) is 5.54. The number of hydrogen-bond donors (Lipinski definition) is 0. The van der Waals surface area contributed by atoms with Gasteiger partial charge < -0.3 is 9.64 Å². The summed E-state index contributed by atoms with van der Waals surface area (Å²) >= 11 is 0. The lowest BCUT2D eigenvalue weighted by Gasteiger charge is -2.16. The molecule has 15 heavy (non-hydrogen) atoms. The maximum Gasteiger partial charge on any atom is 0.253 e. The highest BCUT2D eigenvalue weighted by molar-refractivity contribution is 5.95. The number of amides is 1. The number of aryl methyl sites for hydroxylation is 1. The fraction of sp³-hybridized carbons (Fsp3) is 0.417. The standard InChI is InChI=1S/C12H17NO2/c1-5-13(3)12(14)11-8-10(15-4)7-6-9(11)2/h6-8H,5H2,1-4H3. The van der Waals surface area contributed by atoms with E-state index in [1.54, 1.807) is 25.1 Å². The third-order valence-electron chi connectivity index (χ3n) is 2.50. The Morgan fingerprint density at radius 2 is 2.13 bits per heavy atom. The van der Waals surface area contributed by atoms with Crippen LogP contribution in [0, 0.1) is 6.92 Å². The topological polar surface area (TPSA) is 29.5 Å². The molecule has 0 aliphatic heterocycles. The Labute approximate surface area is 90.7 Å². The summed E-state index contributed by atoms with van der Waals surface area (Å²) in [7, 11) is 3.39. The summed E-state index contributed by atoms with van der Waals surface area (Å²) in [4.78, 5) is 13.6. The van der Waals surface area contributed by atoms with E-state index < -0.39 is 0 Å². The van der Waals surface area contributed by atoms with Crippen LogP contribution in [0.2, 0.25) is 0 Å². The highest BCUT2D eigenvalue weighted by atomic mass is 16.5. The van der Waals surface area contributed by atoms with E-state index in [9.17, 15) is 4.79 Å². The zero-order chi connectivity index (χ0) is 11.4. The summed E-state index contributed by atoms with van der Waals surface area (Å²) in [6.45, 7) is 4.58. The van der Waals surface area contributed by atoms with Gasteiger partial charge in [0.15, 0.2) is 0 Å². The van der Waals surface area contributed by atoms with Crippen LogP contribution in [-0.4, -0.2) is 31.5 Å². The Balaban J connectivity index is 3.07. The molecule has 0 bridgehead atoms. The van der Waals surface area contributed by atoms with E-state index in [4.69, 9.17) is 4.74 Å². The minimum Gasteiger partial charge on any atom is -0.497 e. The molecule has 3 heteroatoms. The number of carbonyl (C=O) groups is 1. The third kappa shape index (κ3) is 2.49. The maximum absolute atomic E-state index is 11.9. The van der Waals surface area contributed by atoms with Crippen molar-refractivity contribution in [1.29, 1.82) is 0 Å². The molecule has 0 aliphatic carbocycles. The highest BCUT2D eigenvalue weighted by Gasteiger charge is 2.13. The number of carbonyl (C=O) groups excluding carboxylic acids is 1. The van der Waals surface area contributed by atoms with Crippen LogP contribution in [0.25, 0.3) is 0 Å². The first-order valence-corrected chi connectivity index (χ1v) is 5.00. The van der Waals surface area contributed by atoms with E-state index in [0.29, 0.717) is 17.9 Å². The molecule has 0 fully saturated rings. The average molecular weight is 207 g/mol. The van der Waals surface area contributed by atoms with Crippen molar-refractivity contribution < 1.29 is 9.53 Å². The van der Waals surface area contributed by atoms with Gasteiger partial charge in [-0.3, -0.25) is 4.79 Å². The molecule has 1 aromatic rings. The molecule has 0 aliphatic rings. The van der Waals surface area contributed by atoms with E-state index in [1.165, 1.54) is 0 Å². The lowest BCUT2D eigenvalue weighted by Crippen LogP contribution is -2.26. The van der Waals surface area contributed by atoms with Gasteiger partial charge in [0.1, 0.15) is 5.75 Å². The van der Waals surface area contributed by atoms with Crippen molar-refractivity contribution in [1.82, 2.24) is 4.90 Å². The summed E-state index contributed by atoms with van der Waals surface area (Å²) < 4.78 is 5.10. The number of nitrogens with zero attached hydrogens (tertiary/aromatic N) is 1. The van der Waals surface area contributed by atoms with E-state index in [2.05, 4.69) is 0 Å². The van der Waals surface area contributed by atoms with Gasteiger partial charge in [-0.05, 0) is 31.5 Å². The van der Waals surface area contributed by atoms with Crippen LogP contribution in [0.5, 0.6) is 5.75 Å². The molecule has 0 saturated carbocycles. The largest absolute Gasteiger partial charge is 0.497 e. The van der Waals surface area contributed by atoms with Gasteiger partial charge in [-0.2, -0.15) is 0 Å². The summed E-state index contributed by atoms with van der Waals surface area (Å²) in [5, 5.41) is 0. The van der Waals surface area contributed by atoms with Gasteiger partial charge in [0.05, 0.1) is 7.11 Å². The molecule has 0 radical (unpaired) electrons. The second-order valence-corrected chi connectivity index (χ2v) is 3.50. The number of benzene rings is 1. The van der Waals surface area contributed by atoms with Crippen molar-refractivity contribution in [2.75, 3.05) is 20.7 Å². The first kappa shape index (κ1) is 11.6. The molecule has 0 unspecified atom stereocenters. The Morgan fingerprint density at radius 3 is 2.67 bits per heavy atom. The summed E-state index contributed by atoms with van der Waals surface area (Å²) in [5.74, 6) is 0.752. The number of hydrogen-bond acceptors (Lipinski definition) is 2. The minimum atomic E-state index is 0.0360. The lowest BCUT2D eigenvalue weighted by atomic mass is 10.1. The predicted octanol–water partition coefficient (Wildman–Crippen LogP) is 2.10. The Bertz CT molecular complexity index is 361. The molecule has 0 spiro atoms. The van der Waals surface area contributed by atoms with E-state index in [-0.39, 0.29) is 5.91 Å². The van der Waals surface area contributed by atoms with Gasteiger partial charge in [0.2, 0.25) is 0 Å². The zero-order valence-electron chi connectivity index (χ0n) is 9.70. The first-order chi connectivity index (χ1) is 7.10. The fourth-order valence-electron chi connectivity index (χ4n) is 1.31. The molecule has 0 atom stereocenters. The van der Waals surface area contributed by atoms with Gasteiger partial charge in [-0.25, -0.2) is 0 Å². The second kappa shape index (κ2) is 4.82. The first-order valence-electron chi connectivity index (χ1n) is 5.00. The third-order valence-corrected chi connectivity index (χ3v) is 2.50. The maximum atomic E-state index is 11.9. The van der Waals surface area contributed by atoms with Crippen molar-refractivity contribution in [3.63, 3.8) is 0 Å². The van der Waals surface area contributed by atoms with Crippen molar-refractivity contribution >= 4 is 5.91 Å². The average Bonchev–Trinajstić information content (AvgIpc) is 2.27. The van der Waals surface area contributed by atoms with Gasteiger partial charge in [-0.15, -0.1) is 0 Å². The number of rotatable bonds is 3. The summed E-state index contributed by atoms with van der Waals surface area (Å²) in [5.41, 5.74) is 1.68. The second-order valence-electron chi connectivity index (χ2n) is 3.50. The van der Waals surface area contributed by atoms with E-state index in [1.807, 2.05) is 26.0 Å². The van der Waals surface area contributed by atoms with Crippen LogP contribution in [0.15, 0.2) is 18.2 Å². The van der Waals surface area contributed by atoms with Crippen molar-refractivity contribution in [2.24, 2.45) is 0 Å². The molecule has 1 amide bonds. The molecule has 3 nitrogen and oxygen atoms in total. The van der Waals surface area contributed by atoms with Gasteiger partial charge >= 0.3 is 0 Å². The minimum absolute atomic E-state index is 0.0360. The van der Waals surface area contributed by atoms with Gasteiger partial charge in [0, 0.05) is 19.2 Å². The van der Waals surface area contributed by atoms with Crippen molar-refractivity contribution in [2.45, 2.75) is 13.8 Å². The molecular formula is C12H17NO2. The number of methoxy groups -OCH3 is 1. The Morgan fingerprint density at radius 1 is 1.47 bits per heavy atom. The van der Waals surface area contributed by atoms with Crippen LogP contribution in [0.4, 0.5) is 0 Å². The molecular weight excluding hydrogens is 190 g/mol. The zero-order valence-corrected chi connectivity index (χ0v) is 9.70. The van der Waals surface area contributed by atoms with Crippen LogP contribution in [0.1, 0.15) is 22.8 Å². The van der Waals surface area contributed by atoms with Crippen LogP contribution in [0.3, 0.4) is 0 Å². The predicted molar refractivity (Wildman–Crippen MR) is 60.4 cm³/mol. The molecule has 1 aromatic carbocycles. The van der Waals surface area contributed by atoms with Crippen molar-refractivity contribution in [3.8, 4) is 5.75 Å². The van der Waals surface area contributed by atoms with Crippen LogP contribution >= 0.6 is 0 Å². The molecule has 1 rings (SSSR count). The smallest absolute Gasteiger partial charge is 0.253 e. The van der Waals surface area contributed by atoms with E-state index >= 15 is 0 Å². The lowest BCUT2D eigenvalue weighted by molar-refractivity contribution is 0.0801. The fourth-order valence-corrected chi connectivity index (χ4v) is 1.31. The van der Waals surface area contributed by atoms with Crippen LogP contribution in [-0.2, 0) is 0 Å². The molecule has 0 N–H and O–H groups in total. The quantitative estimate of drug-likeness (QED) is 0.759. The SMILES string of the molecule is CCN(C)C(=O)c1cc(OC)ccc1C. The molecule has 82 valence electrons. The number of ether oxygens (including phenoxy) is 1. The normalized spacial score (nSPS) is 9.87. The van der Waals surface area contributed by atoms with Crippen LogP contribution < -0.4 is 4.74 Å².